The van der Waals surface area contributed by atoms with E-state index in [0.717, 1.165) is 0 Å². The molecule has 1 aromatic rings. The maximum absolute atomic E-state index is 11.3. The number of anilines is 3. The number of aromatic nitrogens is 2. The molecule has 0 spiro atoms. The molecule has 0 radical (unpaired) electrons. The molecule has 1 fully saturated rings. The Bertz CT molecular complexity index is 531. The van der Waals surface area contributed by atoms with Gasteiger partial charge < -0.3 is 21.1 Å². The molecule has 0 aliphatic carbocycles. The topological polar surface area (TPSA) is 150 Å². The first-order chi connectivity index (χ1) is 8.39. The van der Waals surface area contributed by atoms with E-state index in [1.54, 1.807) is 0 Å². The second-order valence-corrected chi connectivity index (χ2v) is 5.27. The zero-order valence-electron chi connectivity index (χ0n) is 9.54. The molecule has 1 saturated heterocycles. The van der Waals surface area contributed by atoms with Crippen molar-refractivity contribution in [3.63, 3.8) is 0 Å². The van der Waals surface area contributed by atoms with E-state index < -0.39 is 14.9 Å². The highest BCUT2D eigenvalue weighted by Crippen LogP contribution is 2.23. The van der Waals surface area contributed by atoms with Gasteiger partial charge in [-0.3, -0.25) is 0 Å². The van der Waals surface area contributed by atoms with Crippen LogP contribution in [0.15, 0.2) is 4.90 Å². The first-order valence-corrected chi connectivity index (χ1v) is 6.72. The zero-order valence-corrected chi connectivity index (χ0v) is 10.4. The molecule has 10 heteroatoms. The van der Waals surface area contributed by atoms with Crippen LogP contribution < -0.4 is 21.5 Å². The standard InChI is InChI=1S/C8H14N6O3S/c9-6-5(18(11,15)16)7(10)13-8(12-6)14-1-3-17-4-2-14/h1-4H2,(H2,11,15,16)(H4,9,10,12,13). The molecule has 1 aliphatic heterocycles. The van der Waals surface area contributed by atoms with Crippen LogP contribution in [0, 0.1) is 0 Å². The van der Waals surface area contributed by atoms with Crippen molar-refractivity contribution in [2.75, 3.05) is 42.7 Å². The molecule has 0 aromatic carbocycles. The molecule has 2 heterocycles. The van der Waals surface area contributed by atoms with E-state index in [9.17, 15) is 8.42 Å². The summed E-state index contributed by atoms with van der Waals surface area (Å²) in [5.74, 6) is -0.210. The Morgan fingerprint density at radius 3 is 2.06 bits per heavy atom. The second-order valence-electron chi connectivity index (χ2n) is 3.77. The summed E-state index contributed by atoms with van der Waals surface area (Å²) in [6.45, 7) is 2.27. The molecule has 18 heavy (non-hydrogen) atoms. The predicted molar refractivity (Wildman–Crippen MR) is 65.3 cm³/mol. The zero-order chi connectivity index (χ0) is 13.3. The van der Waals surface area contributed by atoms with E-state index in [1.807, 2.05) is 4.90 Å². The van der Waals surface area contributed by atoms with Crippen LogP contribution in [0.2, 0.25) is 0 Å². The average molecular weight is 274 g/mol. The van der Waals surface area contributed by atoms with Gasteiger partial charge >= 0.3 is 0 Å². The molecule has 0 saturated carbocycles. The van der Waals surface area contributed by atoms with Gasteiger partial charge in [0.05, 0.1) is 13.2 Å². The predicted octanol–water partition coefficient (Wildman–Crippen LogP) is -1.87. The van der Waals surface area contributed by atoms with Gasteiger partial charge in [-0.25, -0.2) is 13.6 Å². The molecule has 0 atom stereocenters. The fourth-order valence-corrected chi connectivity index (χ4v) is 2.34. The molecular weight excluding hydrogens is 260 g/mol. The summed E-state index contributed by atoms with van der Waals surface area (Å²) in [6.07, 6.45) is 0. The van der Waals surface area contributed by atoms with E-state index in [4.69, 9.17) is 21.3 Å². The lowest BCUT2D eigenvalue weighted by Crippen LogP contribution is -2.37. The number of hydrogen-bond acceptors (Lipinski definition) is 8. The van der Waals surface area contributed by atoms with Gasteiger partial charge in [0.25, 0.3) is 0 Å². The van der Waals surface area contributed by atoms with E-state index in [0.29, 0.717) is 26.3 Å². The summed E-state index contributed by atoms with van der Waals surface area (Å²) >= 11 is 0. The molecule has 100 valence electrons. The number of sulfonamides is 1. The highest BCUT2D eigenvalue weighted by Gasteiger charge is 2.23. The Morgan fingerprint density at radius 2 is 1.61 bits per heavy atom. The van der Waals surface area contributed by atoms with Gasteiger partial charge in [0.1, 0.15) is 0 Å². The third-order valence-electron chi connectivity index (χ3n) is 2.48. The summed E-state index contributed by atoms with van der Waals surface area (Å²) in [6, 6.07) is 0. The van der Waals surface area contributed by atoms with Crippen LogP contribution in [0.1, 0.15) is 0 Å². The number of morpholine rings is 1. The Hall–Kier alpha value is -1.65. The number of nitrogens with zero attached hydrogens (tertiary/aromatic N) is 3. The first kappa shape index (κ1) is 12.8. The van der Waals surface area contributed by atoms with E-state index in [-0.39, 0.29) is 17.6 Å². The van der Waals surface area contributed by atoms with Crippen molar-refractivity contribution in [1.82, 2.24) is 9.97 Å². The largest absolute Gasteiger partial charge is 0.382 e. The summed E-state index contributed by atoms with van der Waals surface area (Å²) in [4.78, 5) is 9.22. The van der Waals surface area contributed by atoms with Crippen molar-refractivity contribution in [3.05, 3.63) is 0 Å². The summed E-state index contributed by atoms with van der Waals surface area (Å²) in [5, 5.41) is 4.99. The Kier molecular flexibility index (Phi) is 3.24. The highest BCUT2D eigenvalue weighted by atomic mass is 32.2. The van der Waals surface area contributed by atoms with Gasteiger partial charge in [0.2, 0.25) is 16.0 Å². The summed E-state index contributed by atoms with van der Waals surface area (Å²) in [5.41, 5.74) is 11.1. The molecule has 0 amide bonds. The number of nitrogen functional groups attached to an aromatic ring is 2. The van der Waals surface area contributed by atoms with Crippen molar-refractivity contribution in [1.29, 1.82) is 0 Å². The van der Waals surface area contributed by atoms with Gasteiger partial charge in [-0.15, -0.1) is 0 Å². The average Bonchev–Trinajstić information content (AvgIpc) is 2.27. The third-order valence-corrected chi connectivity index (χ3v) is 3.47. The van der Waals surface area contributed by atoms with Crippen LogP contribution in [-0.2, 0) is 14.8 Å². The van der Waals surface area contributed by atoms with Gasteiger partial charge in [-0.1, -0.05) is 0 Å². The molecule has 1 aliphatic rings. The maximum atomic E-state index is 11.3. The summed E-state index contributed by atoms with van der Waals surface area (Å²) < 4.78 is 27.7. The number of primary sulfonamides is 1. The van der Waals surface area contributed by atoms with Crippen molar-refractivity contribution in [2.45, 2.75) is 4.90 Å². The van der Waals surface area contributed by atoms with Crippen LogP contribution in [0.25, 0.3) is 0 Å². The van der Waals surface area contributed by atoms with E-state index in [2.05, 4.69) is 9.97 Å². The van der Waals surface area contributed by atoms with Crippen molar-refractivity contribution >= 4 is 27.6 Å². The van der Waals surface area contributed by atoms with Crippen LogP contribution in [-0.4, -0.2) is 44.7 Å². The quantitative estimate of drug-likeness (QED) is 0.567. The summed E-state index contributed by atoms with van der Waals surface area (Å²) in [7, 11) is -4.03. The van der Waals surface area contributed by atoms with Gasteiger partial charge in [-0.2, -0.15) is 9.97 Å². The van der Waals surface area contributed by atoms with E-state index >= 15 is 0 Å². The lowest BCUT2D eigenvalue weighted by atomic mass is 10.4. The third kappa shape index (κ3) is 2.44. The normalized spacial score (nSPS) is 16.8. The monoisotopic (exact) mass is 274 g/mol. The second kappa shape index (κ2) is 4.55. The number of nitrogens with two attached hydrogens (primary N) is 3. The Labute approximate surface area is 104 Å². The maximum Gasteiger partial charge on any atom is 0.245 e. The molecule has 9 nitrogen and oxygen atoms in total. The lowest BCUT2D eigenvalue weighted by Gasteiger charge is -2.27. The van der Waals surface area contributed by atoms with Crippen molar-refractivity contribution in [3.8, 4) is 0 Å². The van der Waals surface area contributed by atoms with Crippen LogP contribution in [0.3, 0.4) is 0 Å². The van der Waals surface area contributed by atoms with Crippen LogP contribution in [0.4, 0.5) is 17.6 Å². The molecule has 1 aromatic heterocycles. The smallest absolute Gasteiger partial charge is 0.245 e. The van der Waals surface area contributed by atoms with Crippen molar-refractivity contribution in [2.24, 2.45) is 5.14 Å². The minimum atomic E-state index is -4.03. The first-order valence-electron chi connectivity index (χ1n) is 5.18. The molecule has 2 rings (SSSR count). The highest BCUT2D eigenvalue weighted by molar-refractivity contribution is 7.89. The number of ether oxygens (including phenoxy) is 1. The van der Waals surface area contributed by atoms with E-state index in [1.165, 1.54) is 0 Å². The molecular formula is C8H14N6O3S. The van der Waals surface area contributed by atoms with Crippen LogP contribution in [0.5, 0.6) is 0 Å². The minimum Gasteiger partial charge on any atom is -0.382 e. The minimum absolute atomic E-state index is 0.244. The Morgan fingerprint density at radius 1 is 1.11 bits per heavy atom. The number of hydrogen-bond donors (Lipinski definition) is 3. The SMILES string of the molecule is Nc1nc(N2CCOCC2)nc(N)c1S(N)(=O)=O. The number of rotatable bonds is 2. The fourth-order valence-electron chi connectivity index (χ4n) is 1.67. The molecule has 6 N–H and O–H groups in total. The fraction of sp³-hybridized carbons (Fsp3) is 0.500. The molecule has 0 bridgehead atoms. The van der Waals surface area contributed by atoms with Crippen LogP contribution >= 0.6 is 0 Å². The lowest BCUT2D eigenvalue weighted by molar-refractivity contribution is 0.122. The van der Waals surface area contributed by atoms with Crippen molar-refractivity contribution < 1.29 is 13.2 Å². The molecule has 0 unspecified atom stereocenters. The Balaban J connectivity index is 2.42. The van der Waals surface area contributed by atoms with Gasteiger partial charge in [-0.05, 0) is 0 Å². The van der Waals surface area contributed by atoms with Gasteiger partial charge in [0.15, 0.2) is 16.5 Å². The van der Waals surface area contributed by atoms with Gasteiger partial charge in [0, 0.05) is 13.1 Å².